The van der Waals surface area contributed by atoms with Crippen molar-refractivity contribution in [1.82, 2.24) is 15.0 Å². The van der Waals surface area contributed by atoms with Gasteiger partial charge >= 0.3 is 6.03 Å². The summed E-state index contributed by atoms with van der Waals surface area (Å²) < 4.78 is 5.47. The molecule has 6 nitrogen and oxygen atoms in total. The zero-order valence-corrected chi connectivity index (χ0v) is 15.6. The van der Waals surface area contributed by atoms with E-state index in [-0.39, 0.29) is 12.1 Å². The monoisotopic (exact) mass is 382 g/mol. The Balaban J connectivity index is 1.52. The Labute approximate surface area is 162 Å². The van der Waals surface area contributed by atoms with Crippen LogP contribution in [-0.2, 0) is 0 Å². The lowest BCUT2D eigenvalue weighted by molar-refractivity contribution is 0.193. The Morgan fingerprint density at radius 1 is 1.26 bits per heavy atom. The molecule has 27 heavy (non-hydrogen) atoms. The molecule has 2 heterocycles. The van der Waals surface area contributed by atoms with Gasteiger partial charge < -0.3 is 14.7 Å². The fraction of sp³-hybridized carbons (Fsp3) is 0.250. The molecule has 2 amide bonds. The highest BCUT2D eigenvalue weighted by Gasteiger charge is 2.34. The zero-order chi connectivity index (χ0) is 18.8. The standard InChI is InChI=1S/C20H19ClN4O2/c1-13-5-2-8-16(11-13)22-20(26)25-10-4-9-17(25)19-23-18(24-27-19)14-6-3-7-15(21)12-14/h2-3,5-8,11-12,17H,4,9-10H2,1H3,(H,22,26). The van der Waals surface area contributed by atoms with Crippen LogP contribution in [0.25, 0.3) is 11.4 Å². The van der Waals surface area contributed by atoms with Crippen molar-refractivity contribution in [1.29, 1.82) is 0 Å². The summed E-state index contributed by atoms with van der Waals surface area (Å²) in [4.78, 5) is 19.0. The van der Waals surface area contributed by atoms with Crippen molar-refractivity contribution < 1.29 is 9.32 Å². The molecule has 2 aromatic carbocycles. The summed E-state index contributed by atoms with van der Waals surface area (Å²) >= 11 is 6.03. The Bertz CT molecular complexity index is 972. The summed E-state index contributed by atoms with van der Waals surface area (Å²) in [5.74, 6) is 0.917. The molecule has 0 spiro atoms. The second-order valence-electron chi connectivity index (χ2n) is 6.62. The predicted molar refractivity (Wildman–Crippen MR) is 104 cm³/mol. The molecule has 1 aromatic heterocycles. The van der Waals surface area contributed by atoms with E-state index in [1.165, 1.54) is 0 Å². The van der Waals surface area contributed by atoms with E-state index in [1.54, 1.807) is 17.0 Å². The maximum Gasteiger partial charge on any atom is 0.322 e. The molecule has 0 bridgehead atoms. The minimum absolute atomic E-state index is 0.161. The molecule has 7 heteroatoms. The van der Waals surface area contributed by atoms with Gasteiger partial charge in [0.25, 0.3) is 0 Å². The van der Waals surface area contributed by atoms with E-state index in [1.807, 2.05) is 43.3 Å². The van der Waals surface area contributed by atoms with E-state index in [0.717, 1.165) is 29.7 Å². The Morgan fingerprint density at radius 3 is 2.93 bits per heavy atom. The summed E-state index contributed by atoms with van der Waals surface area (Å²) in [6.07, 6.45) is 1.68. The van der Waals surface area contributed by atoms with E-state index in [4.69, 9.17) is 16.1 Å². The molecule has 3 aromatic rings. The van der Waals surface area contributed by atoms with Crippen molar-refractivity contribution in [3.05, 3.63) is 65.0 Å². The van der Waals surface area contributed by atoms with Gasteiger partial charge in [-0.2, -0.15) is 4.98 Å². The Morgan fingerprint density at radius 2 is 2.11 bits per heavy atom. The summed E-state index contributed by atoms with van der Waals surface area (Å²) in [5, 5.41) is 7.62. The van der Waals surface area contributed by atoms with Gasteiger partial charge in [0.15, 0.2) is 0 Å². The maximum atomic E-state index is 12.7. The van der Waals surface area contributed by atoms with E-state index < -0.39 is 0 Å². The molecule has 1 saturated heterocycles. The highest BCUT2D eigenvalue weighted by Crippen LogP contribution is 2.32. The number of aryl methyl sites for hydroxylation is 1. The molecule has 1 aliphatic rings. The second-order valence-corrected chi connectivity index (χ2v) is 7.05. The number of anilines is 1. The predicted octanol–water partition coefficient (Wildman–Crippen LogP) is 5.07. The third-order valence-electron chi connectivity index (χ3n) is 4.59. The minimum Gasteiger partial charge on any atom is -0.337 e. The van der Waals surface area contributed by atoms with Gasteiger partial charge in [0.2, 0.25) is 11.7 Å². The average molecular weight is 383 g/mol. The number of likely N-dealkylation sites (tertiary alicyclic amines) is 1. The fourth-order valence-corrected chi connectivity index (χ4v) is 3.49. The number of hydrogen-bond acceptors (Lipinski definition) is 4. The molecule has 1 aliphatic heterocycles. The first-order chi connectivity index (χ1) is 13.1. The van der Waals surface area contributed by atoms with Crippen molar-refractivity contribution in [2.24, 2.45) is 0 Å². The Hall–Kier alpha value is -2.86. The molecular formula is C20H19ClN4O2. The smallest absolute Gasteiger partial charge is 0.322 e. The molecule has 0 saturated carbocycles. The van der Waals surface area contributed by atoms with Crippen LogP contribution < -0.4 is 5.32 Å². The summed E-state index contributed by atoms with van der Waals surface area (Å²) in [6, 6.07) is 14.6. The van der Waals surface area contributed by atoms with Gasteiger partial charge in [-0.15, -0.1) is 0 Å². The number of urea groups is 1. The second kappa shape index (κ2) is 7.40. The highest BCUT2D eigenvalue weighted by molar-refractivity contribution is 6.30. The number of halogens is 1. The number of hydrogen-bond donors (Lipinski definition) is 1. The third kappa shape index (κ3) is 3.80. The highest BCUT2D eigenvalue weighted by atomic mass is 35.5. The lowest BCUT2D eigenvalue weighted by Crippen LogP contribution is -2.34. The topological polar surface area (TPSA) is 71.3 Å². The van der Waals surface area contributed by atoms with Gasteiger partial charge in [-0.25, -0.2) is 4.79 Å². The number of rotatable bonds is 3. The van der Waals surface area contributed by atoms with Crippen LogP contribution in [0.15, 0.2) is 53.1 Å². The van der Waals surface area contributed by atoms with Crippen LogP contribution in [0.3, 0.4) is 0 Å². The number of aromatic nitrogens is 2. The third-order valence-corrected chi connectivity index (χ3v) is 4.83. The number of amides is 2. The minimum atomic E-state index is -0.227. The maximum absolute atomic E-state index is 12.7. The molecule has 1 N–H and O–H groups in total. The number of carbonyl (C=O) groups excluding carboxylic acids is 1. The molecule has 1 atom stereocenters. The summed E-state index contributed by atoms with van der Waals surface area (Å²) in [6.45, 7) is 2.64. The summed E-state index contributed by atoms with van der Waals surface area (Å²) in [5.41, 5.74) is 2.65. The average Bonchev–Trinajstić information content (AvgIpc) is 3.31. The lowest BCUT2D eigenvalue weighted by atomic mass is 10.2. The normalized spacial score (nSPS) is 16.5. The molecule has 0 radical (unpaired) electrons. The van der Waals surface area contributed by atoms with Crippen molar-refractivity contribution in [3.63, 3.8) is 0 Å². The number of benzene rings is 2. The van der Waals surface area contributed by atoms with E-state index in [0.29, 0.717) is 23.3 Å². The van der Waals surface area contributed by atoms with Crippen LogP contribution in [-0.4, -0.2) is 27.6 Å². The van der Waals surface area contributed by atoms with Crippen molar-refractivity contribution in [2.45, 2.75) is 25.8 Å². The SMILES string of the molecule is Cc1cccc(NC(=O)N2CCCC2c2nc(-c3cccc(Cl)c3)no2)c1. The van der Waals surface area contributed by atoms with Gasteiger partial charge in [0.1, 0.15) is 6.04 Å². The number of nitrogens with one attached hydrogen (secondary N) is 1. The first kappa shape index (κ1) is 17.5. The van der Waals surface area contributed by atoms with Gasteiger partial charge in [-0.05, 0) is 49.6 Å². The van der Waals surface area contributed by atoms with E-state index in [9.17, 15) is 4.79 Å². The lowest BCUT2D eigenvalue weighted by Gasteiger charge is -2.22. The van der Waals surface area contributed by atoms with Crippen molar-refractivity contribution >= 4 is 23.3 Å². The molecule has 1 fully saturated rings. The van der Waals surface area contributed by atoms with Crippen LogP contribution in [0.1, 0.15) is 30.3 Å². The van der Waals surface area contributed by atoms with E-state index >= 15 is 0 Å². The van der Waals surface area contributed by atoms with Gasteiger partial charge in [-0.1, -0.05) is 41.0 Å². The molecule has 138 valence electrons. The first-order valence-corrected chi connectivity index (χ1v) is 9.22. The van der Waals surface area contributed by atoms with Crippen LogP contribution >= 0.6 is 11.6 Å². The molecular weight excluding hydrogens is 364 g/mol. The van der Waals surface area contributed by atoms with Gasteiger partial charge in [-0.3, -0.25) is 0 Å². The summed E-state index contributed by atoms with van der Waals surface area (Å²) in [7, 11) is 0. The quantitative estimate of drug-likeness (QED) is 0.686. The van der Waals surface area contributed by atoms with Crippen LogP contribution in [0.5, 0.6) is 0 Å². The number of carbonyl (C=O) groups is 1. The van der Waals surface area contributed by atoms with Gasteiger partial charge in [0, 0.05) is 22.8 Å². The number of nitrogens with zero attached hydrogens (tertiary/aromatic N) is 3. The van der Waals surface area contributed by atoms with E-state index in [2.05, 4.69) is 15.5 Å². The first-order valence-electron chi connectivity index (χ1n) is 8.84. The van der Waals surface area contributed by atoms with Crippen molar-refractivity contribution in [2.75, 3.05) is 11.9 Å². The molecule has 0 aliphatic carbocycles. The Kier molecular flexibility index (Phi) is 4.81. The van der Waals surface area contributed by atoms with Crippen molar-refractivity contribution in [3.8, 4) is 11.4 Å². The molecule has 4 rings (SSSR count). The molecule has 1 unspecified atom stereocenters. The van der Waals surface area contributed by atoms with Crippen LogP contribution in [0.4, 0.5) is 10.5 Å². The van der Waals surface area contributed by atoms with Gasteiger partial charge in [0.05, 0.1) is 0 Å². The largest absolute Gasteiger partial charge is 0.337 e. The van der Waals surface area contributed by atoms with Crippen LogP contribution in [0.2, 0.25) is 5.02 Å². The zero-order valence-electron chi connectivity index (χ0n) is 14.9. The van der Waals surface area contributed by atoms with Crippen LogP contribution in [0, 0.1) is 6.92 Å². The fourth-order valence-electron chi connectivity index (χ4n) is 3.30.